The smallest absolute Gasteiger partial charge is 0.292 e. The van der Waals surface area contributed by atoms with Crippen molar-refractivity contribution in [1.82, 2.24) is 0 Å². The van der Waals surface area contributed by atoms with Gasteiger partial charge in [-0.1, -0.05) is 12.1 Å². The summed E-state index contributed by atoms with van der Waals surface area (Å²) in [6.45, 7) is 0.596. The van der Waals surface area contributed by atoms with Crippen LogP contribution in [0.15, 0.2) is 47.1 Å². The van der Waals surface area contributed by atoms with Gasteiger partial charge in [0.15, 0.2) is 0 Å². The highest BCUT2D eigenvalue weighted by molar-refractivity contribution is 5.61. The topological polar surface area (TPSA) is 68.3 Å². The Morgan fingerprint density at radius 3 is 2.76 bits per heavy atom. The van der Waals surface area contributed by atoms with Crippen LogP contribution in [-0.2, 0) is 6.42 Å². The van der Waals surface area contributed by atoms with E-state index in [0.717, 1.165) is 5.76 Å². The molecule has 2 aromatic rings. The Morgan fingerprint density at radius 1 is 1.24 bits per heavy atom. The van der Waals surface area contributed by atoms with Crippen LogP contribution < -0.4 is 5.32 Å². The molecular weight excluding hydrogens is 220 g/mol. The third-order valence-corrected chi connectivity index (χ3v) is 2.37. The lowest BCUT2D eigenvalue weighted by Crippen LogP contribution is -2.06. The Kier molecular flexibility index (Phi) is 3.40. The SMILES string of the molecule is O=[N+]([O-])c1ccccc1NCCc1ccco1. The number of anilines is 1. The maximum atomic E-state index is 10.8. The summed E-state index contributed by atoms with van der Waals surface area (Å²) in [5.41, 5.74) is 0.621. The fourth-order valence-electron chi connectivity index (χ4n) is 1.56. The number of nitro groups is 1. The molecule has 0 fully saturated rings. The summed E-state index contributed by atoms with van der Waals surface area (Å²) in [4.78, 5) is 10.4. The van der Waals surface area contributed by atoms with E-state index in [1.165, 1.54) is 6.07 Å². The molecule has 88 valence electrons. The predicted octanol–water partition coefficient (Wildman–Crippen LogP) is 2.84. The number of nitro benzene ring substituents is 1. The summed E-state index contributed by atoms with van der Waals surface area (Å²) in [6.07, 6.45) is 2.30. The van der Waals surface area contributed by atoms with E-state index in [9.17, 15) is 10.1 Å². The van der Waals surface area contributed by atoms with Crippen LogP contribution in [0.1, 0.15) is 5.76 Å². The van der Waals surface area contributed by atoms with Crippen molar-refractivity contribution in [1.29, 1.82) is 0 Å². The van der Waals surface area contributed by atoms with Gasteiger partial charge in [-0.25, -0.2) is 0 Å². The molecule has 17 heavy (non-hydrogen) atoms. The zero-order valence-corrected chi connectivity index (χ0v) is 9.13. The first-order valence-electron chi connectivity index (χ1n) is 5.27. The molecule has 0 aliphatic rings. The molecule has 0 saturated carbocycles. The number of hydrogen-bond acceptors (Lipinski definition) is 4. The third kappa shape index (κ3) is 2.84. The second-order valence-corrected chi connectivity index (χ2v) is 3.53. The number of hydrogen-bond donors (Lipinski definition) is 1. The van der Waals surface area contributed by atoms with Gasteiger partial charge in [0.1, 0.15) is 11.4 Å². The van der Waals surface area contributed by atoms with Gasteiger partial charge in [0, 0.05) is 19.0 Å². The monoisotopic (exact) mass is 232 g/mol. The third-order valence-electron chi connectivity index (χ3n) is 2.37. The molecule has 5 nitrogen and oxygen atoms in total. The Bertz CT molecular complexity index is 494. The molecular formula is C12H12N2O3. The highest BCUT2D eigenvalue weighted by Crippen LogP contribution is 2.22. The van der Waals surface area contributed by atoms with Gasteiger partial charge in [-0.05, 0) is 18.2 Å². The van der Waals surface area contributed by atoms with Crippen LogP contribution in [-0.4, -0.2) is 11.5 Å². The predicted molar refractivity (Wildman–Crippen MR) is 64.0 cm³/mol. The minimum atomic E-state index is -0.394. The van der Waals surface area contributed by atoms with Gasteiger partial charge < -0.3 is 9.73 Å². The van der Waals surface area contributed by atoms with Crippen LogP contribution >= 0.6 is 0 Å². The number of nitrogens with zero attached hydrogens (tertiary/aromatic N) is 1. The lowest BCUT2D eigenvalue weighted by Gasteiger charge is -2.05. The second-order valence-electron chi connectivity index (χ2n) is 3.53. The summed E-state index contributed by atoms with van der Waals surface area (Å²) in [5, 5.41) is 13.8. The van der Waals surface area contributed by atoms with Gasteiger partial charge in [-0.15, -0.1) is 0 Å². The fraction of sp³-hybridized carbons (Fsp3) is 0.167. The largest absolute Gasteiger partial charge is 0.469 e. The van der Waals surface area contributed by atoms with Crippen molar-refractivity contribution in [3.05, 3.63) is 58.5 Å². The molecule has 0 aliphatic heterocycles. The van der Waals surface area contributed by atoms with Crippen molar-refractivity contribution >= 4 is 11.4 Å². The molecule has 1 heterocycles. The van der Waals surface area contributed by atoms with Gasteiger partial charge >= 0.3 is 0 Å². The van der Waals surface area contributed by atoms with E-state index in [4.69, 9.17) is 4.42 Å². The minimum Gasteiger partial charge on any atom is -0.469 e. The molecule has 0 radical (unpaired) electrons. The molecule has 0 saturated heterocycles. The summed E-state index contributed by atoms with van der Waals surface area (Å²) in [6, 6.07) is 10.3. The van der Waals surface area contributed by atoms with Crippen molar-refractivity contribution in [3.63, 3.8) is 0 Å². The van der Waals surface area contributed by atoms with Crippen molar-refractivity contribution < 1.29 is 9.34 Å². The van der Waals surface area contributed by atoms with Gasteiger partial charge in [-0.3, -0.25) is 10.1 Å². The standard InChI is InChI=1S/C12H12N2O3/c15-14(16)12-6-2-1-5-11(12)13-8-7-10-4-3-9-17-10/h1-6,9,13H,7-8H2. The molecule has 0 amide bonds. The van der Waals surface area contributed by atoms with Crippen LogP contribution in [0.5, 0.6) is 0 Å². The van der Waals surface area contributed by atoms with E-state index >= 15 is 0 Å². The van der Waals surface area contributed by atoms with Crippen molar-refractivity contribution in [2.24, 2.45) is 0 Å². The van der Waals surface area contributed by atoms with E-state index in [2.05, 4.69) is 5.32 Å². The molecule has 0 spiro atoms. The van der Waals surface area contributed by atoms with E-state index in [1.807, 2.05) is 12.1 Å². The first-order valence-corrected chi connectivity index (χ1v) is 5.27. The molecule has 0 atom stereocenters. The molecule has 2 rings (SSSR count). The summed E-state index contributed by atoms with van der Waals surface area (Å²) < 4.78 is 5.18. The maximum Gasteiger partial charge on any atom is 0.292 e. The maximum absolute atomic E-state index is 10.8. The summed E-state index contributed by atoms with van der Waals surface area (Å²) in [5.74, 6) is 0.857. The van der Waals surface area contributed by atoms with E-state index in [0.29, 0.717) is 18.7 Å². The van der Waals surface area contributed by atoms with Crippen LogP contribution in [0.2, 0.25) is 0 Å². The summed E-state index contributed by atoms with van der Waals surface area (Å²) >= 11 is 0. The normalized spacial score (nSPS) is 10.1. The number of para-hydroxylation sites is 2. The van der Waals surface area contributed by atoms with E-state index in [-0.39, 0.29) is 5.69 Å². The molecule has 1 aromatic carbocycles. The van der Waals surface area contributed by atoms with Gasteiger partial charge in [0.05, 0.1) is 11.2 Å². The zero-order chi connectivity index (χ0) is 12.1. The lowest BCUT2D eigenvalue weighted by atomic mass is 10.2. The average Bonchev–Trinajstić information content (AvgIpc) is 2.82. The van der Waals surface area contributed by atoms with E-state index in [1.54, 1.807) is 24.5 Å². The van der Waals surface area contributed by atoms with Crippen LogP contribution in [0.3, 0.4) is 0 Å². The van der Waals surface area contributed by atoms with Crippen molar-refractivity contribution in [2.75, 3.05) is 11.9 Å². The molecule has 1 N–H and O–H groups in total. The fourth-order valence-corrected chi connectivity index (χ4v) is 1.56. The molecule has 1 aromatic heterocycles. The Labute approximate surface area is 98.2 Å². The van der Waals surface area contributed by atoms with Crippen molar-refractivity contribution in [3.8, 4) is 0 Å². The molecule has 0 bridgehead atoms. The first-order chi connectivity index (χ1) is 8.27. The van der Waals surface area contributed by atoms with Crippen LogP contribution in [0, 0.1) is 10.1 Å². The Morgan fingerprint density at radius 2 is 2.06 bits per heavy atom. The van der Waals surface area contributed by atoms with Gasteiger partial charge in [0.25, 0.3) is 5.69 Å². The Hall–Kier alpha value is -2.30. The average molecular weight is 232 g/mol. The quantitative estimate of drug-likeness (QED) is 0.635. The summed E-state index contributed by atoms with van der Waals surface area (Å²) in [7, 11) is 0. The lowest BCUT2D eigenvalue weighted by molar-refractivity contribution is -0.384. The highest BCUT2D eigenvalue weighted by Gasteiger charge is 2.11. The van der Waals surface area contributed by atoms with Gasteiger partial charge in [-0.2, -0.15) is 0 Å². The van der Waals surface area contributed by atoms with Crippen LogP contribution in [0.25, 0.3) is 0 Å². The minimum absolute atomic E-state index is 0.0898. The van der Waals surface area contributed by atoms with Gasteiger partial charge in [0.2, 0.25) is 0 Å². The zero-order valence-electron chi connectivity index (χ0n) is 9.13. The first kappa shape index (κ1) is 11.2. The molecule has 0 unspecified atom stereocenters. The number of benzene rings is 1. The van der Waals surface area contributed by atoms with Crippen LogP contribution in [0.4, 0.5) is 11.4 Å². The number of furan rings is 1. The molecule has 5 heteroatoms. The van der Waals surface area contributed by atoms with E-state index < -0.39 is 4.92 Å². The highest BCUT2D eigenvalue weighted by atomic mass is 16.6. The Balaban J connectivity index is 1.97. The number of nitrogens with one attached hydrogen (secondary N) is 1. The second kappa shape index (κ2) is 5.16. The number of rotatable bonds is 5. The van der Waals surface area contributed by atoms with Crippen molar-refractivity contribution in [2.45, 2.75) is 6.42 Å². The molecule has 0 aliphatic carbocycles.